The number of hydrogen-bond acceptors (Lipinski definition) is 4. The number of para-hydroxylation sites is 1. The van der Waals surface area contributed by atoms with Gasteiger partial charge >= 0.3 is 0 Å². The van der Waals surface area contributed by atoms with E-state index < -0.39 is 0 Å². The summed E-state index contributed by atoms with van der Waals surface area (Å²) in [6.07, 6.45) is 2.91. The zero-order valence-corrected chi connectivity index (χ0v) is 12.5. The Bertz CT molecular complexity index is 496. The van der Waals surface area contributed by atoms with Crippen LogP contribution in [0.1, 0.15) is 24.7 Å². The Kier molecular flexibility index (Phi) is 6.84. The molecule has 0 saturated heterocycles. The van der Waals surface area contributed by atoms with Crippen molar-refractivity contribution < 1.29 is 13.9 Å². The van der Waals surface area contributed by atoms with Gasteiger partial charge in [0.25, 0.3) is 0 Å². The first-order valence-electron chi connectivity index (χ1n) is 7.41. The molecular formula is C17H23NO3. The van der Waals surface area contributed by atoms with E-state index in [1.807, 2.05) is 36.4 Å². The molecule has 4 nitrogen and oxygen atoms in total. The van der Waals surface area contributed by atoms with Gasteiger partial charge in [-0.3, -0.25) is 0 Å². The molecule has 0 bridgehead atoms. The Morgan fingerprint density at radius 3 is 2.81 bits per heavy atom. The Morgan fingerprint density at radius 2 is 2.00 bits per heavy atom. The summed E-state index contributed by atoms with van der Waals surface area (Å²) in [6.45, 7) is 5.57. The third kappa shape index (κ3) is 6.02. The summed E-state index contributed by atoms with van der Waals surface area (Å²) in [4.78, 5) is 0. The summed E-state index contributed by atoms with van der Waals surface area (Å²) < 4.78 is 16.5. The van der Waals surface area contributed by atoms with E-state index in [9.17, 15) is 0 Å². The van der Waals surface area contributed by atoms with E-state index >= 15 is 0 Å². The van der Waals surface area contributed by atoms with Gasteiger partial charge < -0.3 is 19.2 Å². The van der Waals surface area contributed by atoms with Crippen LogP contribution in [0, 0.1) is 0 Å². The van der Waals surface area contributed by atoms with E-state index in [0.717, 1.165) is 36.6 Å². The molecule has 0 fully saturated rings. The SMILES string of the molecule is CCCNCc1coc(COCCOc2ccccc2)c1. The highest BCUT2D eigenvalue weighted by atomic mass is 16.5. The predicted molar refractivity (Wildman–Crippen MR) is 82.3 cm³/mol. The smallest absolute Gasteiger partial charge is 0.129 e. The minimum atomic E-state index is 0.478. The molecule has 1 aromatic carbocycles. The van der Waals surface area contributed by atoms with E-state index in [2.05, 4.69) is 12.2 Å². The monoisotopic (exact) mass is 289 g/mol. The minimum absolute atomic E-state index is 0.478. The number of rotatable bonds is 10. The van der Waals surface area contributed by atoms with Gasteiger partial charge in [-0.2, -0.15) is 0 Å². The Labute approximate surface area is 126 Å². The summed E-state index contributed by atoms with van der Waals surface area (Å²) in [5, 5.41) is 3.34. The van der Waals surface area contributed by atoms with Gasteiger partial charge in [-0.25, -0.2) is 0 Å². The molecule has 2 aromatic rings. The van der Waals surface area contributed by atoms with Crippen molar-refractivity contribution in [2.24, 2.45) is 0 Å². The second-order valence-electron chi connectivity index (χ2n) is 4.81. The Morgan fingerprint density at radius 1 is 1.14 bits per heavy atom. The lowest BCUT2D eigenvalue weighted by molar-refractivity contribution is 0.0781. The molecule has 0 atom stereocenters. The van der Waals surface area contributed by atoms with Crippen LogP contribution in [0.2, 0.25) is 0 Å². The first-order valence-corrected chi connectivity index (χ1v) is 7.41. The van der Waals surface area contributed by atoms with Gasteiger partial charge in [0, 0.05) is 12.1 Å². The second kappa shape index (κ2) is 9.21. The van der Waals surface area contributed by atoms with Crippen LogP contribution in [-0.4, -0.2) is 19.8 Å². The predicted octanol–water partition coefficient (Wildman–Crippen LogP) is 3.37. The van der Waals surface area contributed by atoms with Crippen LogP contribution in [-0.2, 0) is 17.9 Å². The summed E-state index contributed by atoms with van der Waals surface area (Å²) in [6, 6.07) is 11.8. The van der Waals surface area contributed by atoms with Crippen LogP contribution in [0.5, 0.6) is 5.75 Å². The Balaban J connectivity index is 1.58. The topological polar surface area (TPSA) is 43.6 Å². The summed E-state index contributed by atoms with van der Waals surface area (Å²) in [5.41, 5.74) is 1.16. The van der Waals surface area contributed by atoms with E-state index in [1.165, 1.54) is 0 Å². The molecular weight excluding hydrogens is 266 g/mol. The van der Waals surface area contributed by atoms with Gasteiger partial charge in [0.15, 0.2) is 0 Å². The lowest BCUT2D eigenvalue weighted by Gasteiger charge is -2.05. The van der Waals surface area contributed by atoms with Gasteiger partial charge in [0.05, 0.1) is 12.9 Å². The van der Waals surface area contributed by atoms with Crippen LogP contribution < -0.4 is 10.1 Å². The van der Waals surface area contributed by atoms with E-state index in [-0.39, 0.29) is 0 Å². The zero-order valence-electron chi connectivity index (χ0n) is 12.5. The lowest BCUT2D eigenvalue weighted by atomic mass is 10.3. The minimum Gasteiger partial charge on any atom is -0.491 e. The fourth-order valence-electron chi connectivity index (χ4n) is 1.91. The average molecular weight is 289 g/mol. The summed E-state index contributed by atoms with van der Waals surface area (Å²) in [7, 11) is 0. The van der Waals surface area contributed by atoms with Gasteiger partial charge in [0.2, 0.25) is 0 Å². The summed E-state index contributed by atoms with van der Waals surface area (Å²) >= 11 is 0. The van der Waals surface area contributed by atoms with Crippen molar-refractivity contribution in [3.8, 4) is 5.75 Å². The molecule has 0 aliphatic heterocycles. The normalized spacial score (nSPS) is 10.7. The van der Waals surface area contributed by atoms with Crippen LogP contribution in [0.25, 0.3) is 0 Å². The van der Waals surface area contributed by atoms with Gasteiger partial charge in [-0.05, 0) is 31.2 Å². The van der Waals surface area contributed by atoms with Crippen molar-refractivity contribution in [3.63, 3.8) is 0 Å². The van der Waals surface area contributed by atoms with Gasteiger partial charge in [0.1, 0.15) is 24.7 Å². The Hall–Kier alpha value is -1.78. The van der Waals surface area contributed by atoms with Crippen molar-refractivity contribution in [3.05, 3.63) is 54.0 Å². The molecule has 4 heteroatoms. The van der Waals surface area contributed by atoms with Crippen molar-refractivity contribution in [1.82, 2.24) is 5.32 Å². The average Bonchev–Trinajstić information content (AvgIpc) is 2.96. The number of benzene rings is 1. The highest BCUT2D eigenvalue weighted by molar-refractivity contribution is 5.20. The lowest BCUT2D eigenvalue weighted by Crippen LogP contribution is -2.13. The fraction of sp³-hybridized carbons (Fsp3) is 0.412. The molecule has 0 spiro atoms. The zero-order chi connectivity index (χ0) is 14.8. The molecule has 1 heterocycles. The third-order valence-corrected chi connectivity index (χ3v) is 2.95. The molecule has 0 saturated carbocycles. The quantitative estimate of drug-likeness (QED) is 0.681. The highest BCUT2D eigenvalue weighted by Crippen LogP contribution is 2.10. The van der Waals surface area contributed by atoms with Crippen LogP contribution in [0.15, 0.2) is 47.1 Å². The molecule has 21 heavy (non-hydrogen) atoms. The fourth-order valence-corrected chi connectivity index (χ4v) is 1.91. The van der Waals surface area contributed by atoms with Crippen LogP contribution in [0.3, 0.4) is 0 Å². The standard InChI is InChI=1S/C17H23NO3/c1-2-8-18-12-15-11-17(21-13-15)14-19-9-10-20-16-6-4-3-5-7-16/h3-7,11,13,18H,2,8-10,12,14H2,1H3. The molecule has 1 aromatic heterocycles. The number of ether oxygens (including phenoxy) is 2. The number of nitrogens with one attached hydrogen (secondary N) is 1. The van der Waals surface area contributed by atoms with Crippen LogP contribution >= 0.6 is 0 Å². The second-order valence-corrected chi connectivity index (χ2v) is 4.81. The first-order chi connectivity index (χ1) is 10.4. The highest BCUT2D eigenvalue weighted by Gasteiger charge is 2.02. The first kappa shape index (κ1) is 15.6. The maximum absolute atomic E-state index is 5.55. The molecule has 2 rings (SSSR count). The largest absolute Gasteiger partial charge is 0.491 e. The molecule has 1 N–H and O–H groups in total. The van der Waals surface area contributed by atoms with Gasteiger partial charge in [-0.15, -0.1) is 0 Å². The molecule has 0 amide bonds. The van der Waals surface area contributed by atoms with Crippen molar-refractivity contribution in [1.29, 1.82) is 0 Å². The van der Waals surface area contributed by atoms with Gasteiger partial charge in [-0.1, -0.05) is 25.1 Å². The maximum Gasteiger partial charge on any atom is 0.129 e. The van der Waals surface area contributed by atoms with E-state index in [4.69, 9.17) is 13.9 Å². The molecule has 0 aliphatic carbocycles. The number of furan rings is 1. The van der Waals surface area contributed by atoms with Crippen molar-refractivity contribution in [2.45, 2.75) is 26.5 Å². The molecule has 0 unspecified atom stereocenters. The molecule has 0 radical (unpaired) electrons. The summed E-state index contributed by atoms with van der Waals surface area (Å²) in [5.74, 6) is 1.71. The van der Waals surface area contributed by atoms with Crippen molar-refractivity contribution in [2.75, 3.05) is 19.8 Å². The maximum atomic E-state index is 5.55. The van der Waals surface area contributed by atoms with Crippen LogP contribution in [0.4, 0.5) is 0 Å². The molecule has 114 valence electrons. The van der Waals surface area contributed by atoms with E-state index in [0.29, 0.717) is 19.8 Å². The number of hydrogen-bond donors (Lipinski definition) is 1. The third-order valence-electron chi connectivity index (χ3n) is 2.95. The molecule has 0 aliphatic rings. The van der Waals surface area contributed by atoms with Crippen molar-refractivity contribution >= 4 is 0 Å². The van der Waals surface area contributed by atoms with E-state index in [1.54, 1.807) is 6.26 Å².